The van der Waals surface area contributed by atoms with Gasteiger partial charge in [0.05, 0.1) is 12.1 Å². The van der Waals surface area contributed by atoms with Crippen molar-refractivity contribution in [3.05, 3.63) is 64.7 Å². The molecule has 2 aromatic carbocycles. The van der Waals surface area contributed by atoms with E-state index in [1.165, 1.54) is 4.90 Å². The molecule has 34 heavy (non-hydrogen) atoms. The van der Waals surface area contributed by atoms with Crippen LogP contribution < -0.4 is 10.2 Å². The molecular formula is C26H26F3N3O2. The number of carbonyl (C=O) groups is 2. The quantitative estimate of drug-likeness (QED) is 0.655. The van der Waals surface area contributed by atoms with Crippen LogP contribution in [0.4, 0.5) is 18.9 Å². The van der Waals surface area contributed by atoms with Crippen LogP contribution in [0.15, 0.2) is 42.5 Å². The Hall–Kier alpha value is -3.31. The number of anilines is 1. The number of amides is 2. The van der Waals surface area contributed by atoms with Crippen LogP contribution in [0.25, 0.3) is 0 Å². The van der Waals surface area contributed by atoms with E-state index in [0.29, 0.717) is 24.3 Å². The van der Waals surface area contributed by atoms with Gasteiger partial charge in [0.25, 0.3) is 11.8 Å². The number of hydrogen-bond donors (Lipinski definition) is 1. The molecule has 1 N–H and O–H groups in total. The largest absolute Gasteiger partial charge is 0.416 e. The van der Waals surface area contributed by atoms with Gasteiger partial charge in [-0.05, 0) is 68.0 Å². The van der Waals surface area contributed by atoms with Crippen LogP contribution in [-0.2, 0) is 17.5 Å². The third-order valence-corrected chi connectivity index (χ3v) is 6.47. The number of hydrogen-bond acceptors (Lipinski definition) is 3. The molecule has 2 aromatic rings. The summed E-state index contributed by atoms with van der Waals surface area (Å²) >= 11 is 0. The lowest BCUT2D eigenvalue weighted by molar-refractivity contribution is -0.138. The molecule has 0 saturated carbocycles. The molecule has 5 nitrogen and oxygen atoms in total. The molecule has 2 aliphatic heterocycles. The minimum absolute atomic E-state index is 0.00279. The Labute approximate surface area is 196 Å². The molecule has 0 bridgehead atoms. The van der Waals surface area contributed by atoms with Crippen molar-refractivity contribution in [2.24, 2.45) is 0 Å². The minimum Gasteiger partial charge on any atom is -0.328 e. The predicted molar refractivity (Wildman–Crippen MR) is 123 cm³/mol. The van der Waals surface area contributed by atoms with Crippen molar-refractivity contribution in [3.8, 4) is 11.8 Å². The number of halogens is 3. The number of rotatable bonds is 5. The van der Waals surface area contributed by atoms with Crippen molar-refractivity contribution in [3.63, 3.8) is 0 Å². The summed E-state index contributed by atoms with van der Waals surface area (Å²) in [4.78, 5) is 28.4. The summed E-state index contributed by atoms with van der Waals surface area (Å²) in [7, 11) is 0. The molecular weight excluding hydrogens is 443 g/mol. The van der Waals surface area contributed by atoms with Gasteiger partial charge in [0.2, 0.25) is 0 Å². The van der Waals surface area contributed by atoms with Gasteiger partial charge in [-0.1, -0.05) is 24.1 Å². The first-order valence-corrected chi connectivity index (χ1v) is 11.3. The molecule has 2 atom stereocenters. The van der Waals surface area contributed by atoms with Crippen molar-refractivity contribution < 1.29 is 22.8 Å². The standard InChI is InChI=1S/C26H26F3N3O2/c1-3-8-24(33)31-12-7-11-20(31)15-30-17(2)18-13-21-22(23(14-18)26(27,28)29)16-32(25(21)34)19-9-5-4-6-10-19/h4-6,9-10,13-14,17,20,30H,7,11-12,15-16H2,1-2H3. The number of carbonyl (C=O) groups excluding carboxylic acids is 2. The fraction of sp³-hybridized carbons (Fsp3) is 0.385. The number of fused-ring (bicyclic) bond motifs is 1. The zero-order valence-corrected chi connectivity index (χ0v) is 19.1. The van der Waals surface area contributed by atoms with Crippen LogP contribution in [0.2, 0.25) is 0 Å². The predicted octanol–water partition coefficient (Wildman–Crippen LogP) is 4.53. The third kappa shape index (κ3) is 4.66. The van der Waals surface area contributed by atoms with Crippen LogP contribution in [0.3, 0.4) is 0 Å². The molecule has 0 aromatic heterocycles. The summed E-state index contributed by atoms with van der Waals surface area (Å²) < 4.78 is 41.9. The molecule has 8 heteroatoms. The fourth-order valence-corrected chi connectivity index (χ4v) is 4.67. The van der Waals surface area contributed by atoms with Gasteiger partial charge in [0.15, 0.2) is 0 Å². The highest BCUT2D eigenvalue weighted by Crippen LogP contribution is 2.40. The number of para-hydroxylation sites is 1. The average molecular weight is 470 g/mol. The average Bonchev–Trinajstić information content (AvgIpc) is 3.41. The van der Waals surface area contributed by atoms with Gasteiger partial charge in [-0.25, -0.2) is 0 Å². The monoisotopic (exact) mass is 469 g/mol. The van der Waals surface area contributed by atoms with E-state index in [1.807, 2.05) is 0 Å². The molecule has 2 heterocycles. The molecule has 0 spiro atoms. The summed E-state index contributed by atoms with van der Waals surface area (Å²) in [6, 6.07) is 10.9. The Balaban J connectivity index is 1.58. The minimum atomic E-state index is -4.58. The topological polar surface area (TPSA) is 52.7 Å². The van der Waals surface area contributed by atoms with E-state index >= 15 is 0 Å². The highest BCUT2D eigenvalue weighted by molar-refractivity contribution is 6.10. The normalized spacial score (nSPS) is 18.5. The summed E-state index contributed by atoms with van der Waals surface area (Å²) in [5.74, 6) is 4.50. The Morgan fingerprint density at radius 1 is 1.24 bits per heavy atom. The Bertz CT molecular complexity index is 1150. The van der Waals surface area contributed by atoms with Crippen LogP contribution in [-0.4, -0.2) is 35.8 Å². The molecule has 1 fully saturated rings. The van der Waals surface area contributed by atoms with Crippen molar-refractivity contribution in [2.75, 3.05) is 18.0 Å². The van der Waals surface area contributed by atoms with Crippen LogP contribution in [0.1, 0.15) is 59.8 Å². The summed E-state index contributed by atoms with van der Waals surface area (Å²) in [6.45, 7) is 4.31. The number of nitrogens with zero attached hydrogens (tertiary/aromatic N) is 2. The summed E-state index contributed by atoms with van der Waals surface area (Å²) in [6.07, 6.45) is -2.92. The third-order valence-electron chi connectivity index (χ3n) is 6.47. The van der Waals surface area contributed by atoms with Crippen LogP contribution in [0, 0.1) is 11.8 Å². The summed E-state index contributed by atoms with van der Waals surface area (Å²) in [5, 5.41) is 3.26. The lowest BCUT2D eigenvalue weighted by Crippen LogP contribution is -2.41. The Morgan fingerprint density at radius 3 is 2.65 bits per heavy atom. The second-order valence-electron chi connectivity index (χ2n) is 8.62. The van der Waals surface area contributed by atoms with E-state index in [-0.39, 0.29) is 29.6 Å². The molecule has 0 radical (unpaired) electrons. The van der Waals surface area contributed by atoms with Crippen molar-refractivity contribution in [1.29, 1.82) is 0 Å². The van der Waals surface area contributed by atoms with Gasteiger partial charge in [-0.3, -0.25) is 9.59 Å². The molecule has 178 valence electrons. The maximum absolute atomic E-state index is 14.0. The summed E-state index contributed by atoms with van der Waals surface area (Å²) in [5.41, 5.74) is 0.252. The maximum atomic E-state index is 14.0. The fourth-order valence-electron chi connectivity index (χ4n) is 4.67. The highest BCUT2D eigenvalue weighted by Gasteiger charge is 2.41. The van der Waals surface area contributed by atoms with E-state index in [4.69, 9.17) is 0 Å². The SMILES string of the molecule is CC#CC(=O)N1CCCC1CNC(C)c1cc2c(c(C(F)(F)F)c1)CN(c1ccccc1)C2=O. The van der Waals surface area contributed by atoms with E-state index < -0.39 is 23.7 Å². The van der Waals surface area contributed by atoms with Gasteiger partial charge in [-0.15, -0.1) is 0 Å². The lowest BCUT2D eigenvalue weighted by atomic mass is 9.95. The molecule has 2 unspecified atom stereocenters. The first kappa shape index (κ1) is 23.8. The van der Waals surface area contributed by atoms with Gasteiger partial charge >= 0.3 is 6.18 Å². The second-order valence-corrected chi connectivity index (χ2v) is 8.62. The number of alkyl halides is 3. The first-order valence-electron chi connectivity index (χ1n) is 11.3. The van der Waals surface area contributed by atoms with Crippen molar-refractivity contribution in [1.82, 2.24) is 10.2 Å². The molecule has 1 saturated heterocycles. The second kappa shape index (κ2) is 9.51. The van der Waals surface area contributed by atoms with E-state index in [2.05, 4.69) is 17.2 Å². The first-order chi connectivity index (χ1) is 16.2. The van der Waals surface area contributed by atoms with Crippen molar-refractivity contribution >= 4 is 17.5 Å². The van der Waals surface area contributed by atoms with Gasteiger partial charge < -0.3 is 15.1 Å². The molecule has 0 aliphatic carbocycles. The van der Waals surface area contributed by atoms with Crippen molar-refractivity contribution in [2.45, 2.75) is 51.5 Å². The van der Waals surface area contributed by atoms with Gasteiger partial charge in [0, 0.05) is 36.4 Å². The highest BCUT2D eigenvalue weighted by atomic mass is 19.4. The molecule has 2 amide bonds. The van der Waals surface area contributed by atoms with E-state index in [1.54, 1.807) is 55.1 Å². The van der Waals surface area contributed by atoms with Crippen LogP contribution >= 0.6 is 0 Å². The molecule has 4 rings (SSSR count). The lowest BCUT2D eigenvalue weighted by Gasteiger charge is -2.25. The zero-order chi connectivity index (χ0) is 24.5. The number of nitrogens with one attached hydrogen (secondary N) is 1. The smallest absolute Gasteiger partial charge is 0.328 e. The number of benzene rings is 2. The van der Waals surface area contributed by atoms with Gasteiger partial charge in [0.1, 0.15) is 0 Å². The Morgan fingerprint density at radius 2 is 1.97 bits per heavy atom. The van der Waals surface area contributed by atoms with E-state index in [9.17, 15) is 22.8 Å². The van der Waals surface area contributed by atoms with E-state index in [0.717, 1.165) is 18.9 Å². The van der Waals surface area contributed by atoms with Crippen LogP contribution in [0.5, 0.6) is 0 Å². The van der Waals surface area contributed by atoms with Gasteiger partial charge in [-0.2, -0.15) is 13.2 Å². The Kier molecular flexibility index (Phi) is 6.67. The maximum Gasteiger partial charge on any atom is 0.416 e. The zero-order valence-electron chi connectivity index (χ0n) is 19.1. The molecule has 2 aliphatic rings. The number of likely N-dealkylation sites (tertiary alicyclic amines) is 1.